The van der Waals surface area contributed by atoms with Crippen LogP contribution in [0.3, 0.4) is 0 Å². The van der Waals surface area contributed by atoms with Crippen LogP contribution in [0.2, 0.25) is 0 Å². The van der Waals surface area contributed by atoms with Crippen LogP contribution in [-0.4, -0.2) is 5.91 Å². The van der Waals surface area contributed by atoms with Gasteiger partial charge in [0.05, 0.1) is 0 Å². The van der Waals surface area contributed by atoms with Crippen molar-refractivity contribution < 1.29 is 4.79 Å². The molecule has 0 aliphatic heterocycles. The van der Waals surface area contributed by atoms with Crippen molar-refractivity contribution in [1.82, 2.24) is 0 Å². The predicted molar refractivity (Wildman–Crippen MR) is 66.8 cm³/mol. The molecule has 0 aliphatic carbocycles. The maximum atomic E-state index is 10.6. The highest BCUT2D eigenvalue weighted by Crippen LogP contribution is 2.19. The molecule has 0 spiro atoms. The van der Waals surface area contributed by atoms with E-state index < -0.39 is 0 Å². The molecule has 0 aromatic heterocycles. The molecule has 2 N–H and O–H groups in total. The van der Waals surface area contributed by atoms with Crippen LogP contribution in [-0.2, 0) is 4.79 Å². The zero-order valence-corrected chi connectivity index (χ0v) is 8.89. The first-order valence-corrected chi connectivity index (χ1v) is 5.20. The van der Waals surface area contributed by atoms with E-state index in [0.29, 0.717) is 0 Å². The summed E-state index contributed by atoms with van der Waals surface area (Å²) in [6.45, 7) is 0. The van der Waals surface area contributed by atoms with Crippen LogP contribution in [0.15, 0.2) is 48.5 Å². The van der Waals surface area contributed by atoms with Gasteiger partial charge in [0.25, 0.3) is 0 Å². The van der Waals surface area contributed by atoms with Gasteiger partial charge in [-0.25, -0.2) is 0 Å². The van der Waals surface area contributed by atoms with Crippen molar-refractivity contribution >= 4 is 22.8 Å². The molecular weight excluding hydrogens is 198 g/mol. The number of carbonyl (C=O) groups is 1. The second kappa shape index (κ2) is 4.62. The lowest BCUT2D eigenvalue weighted by Crippen LogP contribution is -2.07. The highest BCUT2D eigenvalue weighted by atomic mass is 16.1. The lowest BCUT2D eigenvalue weighted by atomic mass is 10.0. The lowest BCUT2D eigenvalue weighted by Gasteiger charge is -2.01. The van der Waals surface area contributed by atoms with Gasteiger partial charge < -0.3 is 5.73 Å². The molecule has 0 atom stereocenters. The topological polar surface area (TPSA) is 43.1 Å². The SMILES string of the molecule is NC(=O)C/C=C/c1cccc2ccccc12. The Morgan fingerprint density at radius 3 is 2.69 bits per heavy atom. The summed E-state index contributed by atoms with van der Waals surface area (Å²) in [5.41, 5.74) is 6.19. The predicted octanol–water partition coefficient (Wildman–Crippen LogP) is 2.73. The van der Waals surface area contributed by atoms with Gasteiger partial charge in [-0.05, 0) is 16.3 Å². The number of hydrogen-bond acceptors (Lipinski definition) is 1. The molecule has 16 heavy (non-hydrogen) atoms. The molecule has 2 rings (SSSR count). The van der Waals surface area contributed by atoms with Crippen molar-refractivity contribution in [3.63, 3.8) is 0 Å². The van der Waals surface area contributed by atoms with Gasteiger partial charge in [-0.1, -0.05) is 54.6 Å². The molecule has 0 aliphatic rings. The molecule has 2 aromatic rings. The Balaban J connectivity index is 2.37. The van der Waals surface area contributed by atoms with Crippen molar-refractivity contribution in [3.05, 3.63) is 54.1 Å². The highest BCUT2D eigenvalue weighted by Gasteiger charge is 1.96. The van der Waals surface area contributed by atoms with Crippen molar-refractivity contribution in [1.29, 1.82) is 0 Å². The Labute approximate surface area is 94.4 Å². The molecule has 0 fully saturated rings. The maximum absolute atomic E-state index is 10.6. The molecule has 0 saturated carbocycles. The molecule has 2 aromatic carbocycles. The van der Waals surface area contributed by atoms with Crippen molar-refractivity contribution in [3.8, 4) is 0 Å². The Morgan fingerprint density at radius 2 is 1.88 bits per heavy atom. The van der Waals surface area contributed by atoms with Crippen LogP contribution in [0.1, 0.15) is 12.0 Å². The Bertz CT molecular complexity index is 538. The molecule has 80 valence electrons. The Kier molecular flexibility index (Phi) is 3.01. The van der Waals surface area contributed by atoms with Crippen LogP contribution in [0.25, 0.3) is 16.8 Å². The quantitative estimate of drug-likeness (QED) is 0.833. The molecule has 0 bridgehead atoms. The van der Waals surface area contributed by atoms with Crippen LogP contribution in [0, 0.1) is 0 Å². The molecule has 0 unspecified atom stereocenters. The first-order valence-electron chi connectivity index (χ1n) is 5.20. The number of carbonyl (C=O) groups excluding carboxylic acids is 1. The third kappa shape index (κ3) is 2.28. The summed E-state index contributed by atoms with van der Waals surface area (Å²) in [6, 6.07) is 14.3. The van der Waals surface area contributed by atoms with Gasteiger partial charge in [-0.15, -0.1) is 0 Å². The fourth-order valence-electron chi connectivity index (χ4n) is 1.70. The van der Waals surface area contributed by atoms with E-state index in [4.69, 9.17) is 5.73 Å². The highest BCUT2D eigenvalue weighted by molar-refractivity contribution is 5.90. The standard InChI is InChI=1S/C14H13NO/c15-14(16)10-4-8-12-7-3-6-11-5-1-2-9-13(11)12/h1-9H,10H2,(H2,15,16)/b8-4+. The van der Waals surface area contributed by atoms with E-state index in [1.54, 1.807) is 6.08 Å². The third-order valence-electron chi connectivity index (χ3n) is 2.44. The first kappa shape index (κ1) is 10.4. The van der Waals surface area contributed by atoms with Gasteiger partial charge in [-0.3, -0.25) is 4.79 Å². The zero-order chi connectivity index (χ0) is 11.4. The number of fused-ring (bicyclic) bond motifs is 1. The van der Waals surface area contributed by atoms with E-state index in [1.165, 1.54) is 10.8 Å². The Morgan fingerprint density at radius 1 is 1.12 bits per heavy atom. The van der Waals surface area contributed by atoms with Gasteiger partial charge in [-0.2, -0.15) is 0 Å². The van der Waals surface area contributed by atoms with Gasteiger partial charge in [0, 0.05) is 6.42 Å². The first-order chi connectivity index (χ1) is 7.77. The smallest absolute Gasteiger partial charge is 0.221 e. The van der Waals surface area contributed by atoms with Crippen LogP contribution < -0.4 is 5.73 Å². The fraction of sp³-hybridized carbons (Fsp3) is 0.0714. The van der Waals surface area contributed by atoms with Crippen LogP contribution >= 0.6 is 0 Å². The van der Waals surface area contributed by atoms with Crippen molar-refractivity contribution in [2.75, 3.05) is 0 Å². The third-order valence-corrected chi connectivity index (χ3v) is 2.44. The fourth-order valence-corrected chi connectivity index (χ4v) is 1.70. The van der Waals surface area contributed by atoms with Gasteiger partial charge in [0.2, 0.25) is 5.91 Å². The number of rotatable bonds is 3. The molecular formula is C14H13NO. The van der Waals surface area contributed by atoms with Crippen molar-refractivity contribution in [2.24, 2.45) is 5.73 Å². The largest absolute Gasteiger partial charge is 0.369 e. The molecule has 0 radical (unpaired) electrons. The number of hydrogen-bond donors (Lipinski definition) is 1. The summed E-state index contributed by atoms with van der Waals surface area (Å²) in [4.78, 5) is 10.6. The summed E-state index contributed by atoms with van der Waals surface area (Å²) in [6.07, 6.45) is 4.01. The van der Waals surface area contributed by atoms with E-state index in [9.17, 15) is 4.79 Å². The second-order valence-electron chi connectivity index (χ2n) is 3.64. The zero-order valence-electron chi connectivity index (χ0n) is 8.89. The number of primary amides is 1. The van der Waals surface area contributed by atoms with Gasteiger partial charge in [0.15, 0.2) is 0 Å². The number of nitrogens with two attached hydrogens (primary N) is 1. The monoisotopic (exact) mass is 211 g/mol. The number of amides is 1. The minimum Gasteiger partial charge on any atom is -0.369 e. The molecule has 1 amide bonds. The summed E-state index contributed by atoms with van der Waals surface area (Å²) in [7, 11) is 0. The normalized spacial score (nSPS) is 11.0. The minimum absolute atomic E-state index is 0.281. The Hall–Kier alpha value is -2.09. The van der Waals surface area contributed by atoms with E-state index in [0.717, 1.165) is 5.56 Å². The summed E-state index contributed by atoms with van der Waals surface area (Å²) in [5, 5.41) is 2.38. The van der Waals surface area contributed by atoms with Crippen molar-refractivity contribution in [2.45, 2.75) is 6.42 Å². The summed E-state index contributed by atoms with van der Waals surface area (Å²) in [5.74, 6) is -0.309. The molecule has 0 saturated heterocycles. The van der Waals surface area contributed by atoms with E-state index in [2.05, 4.69) is 18.2 Å². The minimum atomic E-state index is -0.309. The molecule has 2 nitrogen and oxygen atoms in total. The van der Waals surface area contributed by atoms with Gasteiger partial charge in [0.1, 0.15) is 0 Å². The maximum Gasteiger partial charge on any atom is 0.221 e. The average molecular weight is 211 g/mol. The number of benzene rings is 2. The average Bonchev–Trinajstić information content (AvgIpc) is 2.29. The summed E-state index contributed by atoms with van der Waals surface area (Å²) < 4.78 is 0. The van der Waals surface area contributed by atoms with E-state index in [-0.39, 0.29) is 12.3 Å². The molecule has 0 heterocycles. The van der Waals surface area contributed by atoms with Crippen LogP contribution in [0.4, 0.5) is 0 Å². The molecule has 2 heteroatoms. The van der Waals surface area contributed by atoms with E-state index >= 15 is 0 Å². The van der Waals surface area contributed by atoms with E-state index in [1.807, 2.05) is 30.3 Å². The van der Waals surface area contributed by atoms with Gasteiger partial charge >= 0.3 is 0 Å². The van der Waals surface area contributed by atoms with Crippen LogP contribution in [0.5, 0.6) is 0 Å². The lowest BCUT2D eigenvalue weighted by molar-refractivity contribution is -0.117. The summed E-state index contributed by atoms with van der Waals surface area (Å²) >= 11 is 0. The second-order valence-corrected chi connectivity index (χ2v) is 3.64.